The Labute approximate surface area is 270 Å². The first-order valence-electron chi connectivity index (χ1n) is 15.9. The second-order valence-electron chi connectivity index (χ2n) is 12.2. The molecule has 272 valence electrons. The van der Waals surface area contributed by atoms with Gasteiger partial charge in [-0.05, 0) is 37.0 Å². The summed E-state index contributed by atoms with van der Waals surface area (Å²) in [5.74, 6) is 2.18. The lowest BCUT2D eigenvalue weighted by Crippen LogP contribution is -2.35. The van der Waals surface area contributed by atoms with Crippen molar-refractivity contribution < 1.29 is 57.2 Å². The number of unbranched alkanes of at least 4 members (excludes halogenated alkanes) is 9. The molecular formula is C29H51F6N3O6S2. The number of imidazole rings is 1. The second-order valence-corrected chi connectivity index (χ2v) is 15.7. The maximum absolute atomic E-state index is 11.4. The average molecular weight is 716 g/mol. The molecule has 0 aliphatic heterocycles. The van der Waals surface area contributed by atoms with Gasteiger partial charge >= 0.3 is 11.0 Å². The molecule has 3 atom stereocenters. The highest BCUT2D eigenvalue weighted by molar-refractivity contribution is 8.13. The van der Waals surface area contributed by atoms with E-state index in [9.17, 15) is 43.2 Å². The van der Waals surface area contributed by atoms with E-state index in [1.807, 2.05) is 0 Å². The van der Waals surface area contributed by atoms with Crippen molar-refractivity contribution in [1.29, 1.82) is 0 Å². The fraction of sp³-hybridized carbons (Fsp3) is 0.897. The number of hydrogen-bond donors (Lipinski definition) is 0. The van der Waals surface area contributed by atoms with Crippen molar-refractivity contribution in [2.45, 2.75) is 142 Å². The van der Waals surface area contributed by atoms with Gasteiger partial charge in [0.05, 0.1) is 12.7 Å². The van der Waals surface area contributed by atoms with Gasteiger partial charge in [-0.15, -0.1) is 0 Å². The molecule has 0 spiro atoms. The molecule has 0 bridgehead atoms. The Kier molecular flexibility index (Phi) is 18.7. The lowest BCUT2D eigenvalue weighted by molar-refractivity contribution is -0.732. The summed E-state index contributed by atoms with van der Waals surface area (Å²) in [7, 11) is -13.4. The Balaban J connectivity index is 0.000000595. The molecule has 0 aromatic carbocycles. The molecule has 1 aliphatic carbocycles. The van der Waals surface area contributed by atoms with Crippen LogP contribution in [0.3, 0.4) is 0 Å². The van der Waals surface area contributed by atoms with E-state index < -0.39 is 31.1 Å². The van der Waals surface area contributed by atoms with Crippen molar-refractivity contribution in [1.82, 2.24) is 4.57 Å². The third-order valence-electron chi connectivity index (χ3n) is 7.81. The Hall–Kier alpha value is -1.43. The molecule has 2 rings (SSSR count). The molecule has 0 unspecified atom stereocenters. The predicted octanol–water partition coefficient (Wildman–Crippen LogP) is 8.16. The van der Waals surface area contributed by atoms with E-state index in [1.165, 1.54) is 83.5 Å². The minimum atomic E-state index is -6.72. The van der Waals surface area contributed by atoms with Gasteiger partial charge in [-0.2, -0.15) is 26.3 Å². The first-order chi connectivity index (χ1) is 21.3. The number of rotatable bonds is 19. The number of sulfonamides is 2. The van der Waals surface area contributed by atoms with Crippen LogP contribution >= 0.6 is 0 Å². The summed E-state index contributed by atoms with van der Waals surface area (Å²) in [4.78, 5) is 0. The molecule has 1 aliphatic rings. The van der Waals surface area contributed by atoms with Crippen LogP contribution in [0.15, 0.2) is 18.7 Å². The minimum Gasteiger partial charge on any atom is -0.421 e. The monoisotopic (exact) mass is 715 g/mol. The van der Waals surface area contributed by atoms with Crippen LogP contribution in [0.25, 0.3) is 4.13 Å². The van der Waals surface area contributed by atoms with Crippen LogP contribution in [0.2, 0.25) is 0 Å². The molecule has 1 aromatic rings. The van der Waals surface area contributed by atoms with Crippen LogP contribution in [0, 0.1) is 17.8 Å². The molecule has 0 amide bonds. The van der Waals surface area contributed by atoms with Gasteiger partial charge in [0.15, 0.2) is 33.5 Å². The zero-order chi connectivity index (χ0) is 35.0. The van der Waals surface area contributed by atoms with E-state index in [0.717, 1.165) is 16.7 Å². The highest BCUT2D eigenvalue weighted by Gasteiger charge is 2.47. The van der Waals surface area contributed by atoms with Gasteiger partial charge in [-0.1, -0.05) is 91.9 Å². The number of hydrogen-bond acceptors (Lipinski definition) is 6. The molecule has 1 heterocycles. The highest BCUT2D eigenvalue weighted by atomic mass is 32.3. The van der Waals surface area contributed by atoms with E-state index in [0.29, 0.717) is 31.4 Å². The van der Waals surface area contributed by atoms with Gasteiger partial charge in [0.2, 0.25) is 6.33 Å². The van der Waals surface area contributed by atoms with E-state index in [-0.39, 0.29) is 0 Å². The zero-order valence-corrected chi connectivity index (χ0v) is 28.9. The van der Waals surface area contributed by atoms with Crippen molar-refractivity contribution in [3.63, 3.8) is 0 Å². The van der Waals surface area contributed by atoms with Crippen LogP contribution in [0.1, 0.15) is 111 Å². The summed E-state index contributed by atoms with van der Waals surface area (Å²) in [6.07, 6.45) is 24.2. The Morgan fingerprint density at radius 1 is 0.870 bits per heavy atom. The van der Waals surface area contributed by atoms with Crippen molar-refractivity contribution >= 4 is 20.0 Å². The summed E-state index contributed by atoms with van der Waals surface area (Å²) in [5.41, 5.74) is -12.4. The van der Waals surface area contributed by atoms with Gasteiger partial charge in [0, 0.05) is 0 Å². The number of alkyl halides is 6. The fourth-order valence-electron chi connectivity index (χ4n) is 5.15. The van der Waals surface area contributed by atoms with Gasteiger partial charge in [-0.25, -0.2) is 26.0 Å². The van der Waals surface area contributed by atoms with E-state index in [2.05, 4.69) is 55.6 Å². The third kappa shape index (κ3) is 16.1. The topological polar surface area (TPSA) is 110 Å². The Bertz CT molecular complexity index is 1150. The predicted molar refractivity (Wildman–Crippen MR) is 162 cm³/mol. The molecule has 1 saturated carbocycles. The largest absolute Gasteiger partial charge is 0.480 e. The molecule has 1 fully saturated rings. The van der Waals surface area contributed by atoms with Gasteiger partial charge in [0.25, 0.3) is 0 Å². The van der Waals surface area contributed by atoms with Crippen molar-refractivity contribution in [3.8, 4) is 0 Å². The lowest BCUT2D eigenvalue weighted by Gasteiger charge is -2.36. The van der Waals surface area contributed by atoms with E-state index in [4.69, 9.17) is 9.47 Å². The Morgan fingerprint density at radius 2 is 1.39 bits per heavy atom. The number of nitrogens with zero attached hydrogens (tertiary/aromatic N) is 3. The zero-order valence-electron chi connectivity index (χ0n) is 27.2. The quantitative estimate of drug-likeness (QED) is 0.0813. The third-order valence-corrected chi connectivity index (χ3v) is 10.5. The Morgan fingerprint density at radius 3 is 1.89 bits per heavy atom. The van der Waals surface area contributed by atoms with E-state index >= 15 is 0 Å². The fourth-order valence-corrected chi connectivity index (χ4v) is 6.86. The summed E-state index contributed by atoms with van der Waals surface area (Å²) in [5, 5.41) is 0. The van der Waals surface area contributed by atoms with Crippen molar-refractivity contribution in [2.75, 3.05) is 6.61 Å². The first kappa shape index (κ1) is 42.6. The molecular weight excluding hydrogens is 664 g/mol. The summed E-state index contributed by atoms with van der Waals surface area (Å²) in [6, 6.07) is 0. The lowest BCUT2D eigenvalue weighted by atomic mass is 9.75. The molecule has 0 N–H and O–H groups in total. The normalized spacial score (nSPS) is 19.7. The molecule has 17 heteroatoms. The summed E-state index contributed by atoms with van der Waals surface area (Å²) >= 11 is 0. The molecule has 1 aromatic heterocycles. The second kappa shape index (κ2) is 20.2. The standard InChI is InChI=1S/C27H51N2O2.C2F6NO4S2/c1-5-6-7-8-9-10-11-12-13-14-19-30-22-28-17-18-29(21-28)23-31-27-20-25(4)15-16-26(27)24(2)3;3-1(4,5)14(10,11)9-15(12,13)2(6,7)8/h17-18,21,24-27H,5-16,19-20,22-23H2,1-4H3;/q+1;-1/t25-,26+,27-;/m1./s1. The maximum Gasteiger partial charge on any atom is 0.480 e. The smallest absolute Gasteiger partial charge is 0.421 e. The first-order valence-corrected chi connectivity index (χ1v) is 18.8. The molecule has 9 nitrogen and oxygen atoms in total. The van der Waals surface area contributed by atoms with Crippen molar-refractivity contribution in [2.24, 2.45) is 17.8 Å². The van der Waals surface area contributed by atoms with E-state index in [1.54, 1.807) is 0 Å². The summed E-state index contributed by atoms with van der Waals surface area (Å²) in [6.45, 7) is 11.5. The number of aromatic nitrogens is 2. The van der Waals surface area contributed by atoms with Gasteiger partial charge in [0.1, 0.15) is 12.4 Å². The van der Waals surface area contributed by atoms with Gasteiger partial charge in [-0.3, -0.25) is 0 Å². The minimum absolute atomic E-state index is 0.396. The SMILES string of the molecule is CCCCCCCCCCCCOC[n+]1ccn(CO[C@@H]2C[C@H](C)CC[C@H]2C(C)C)c1.O=S(=O)([N-]S(=O)(=O)C(F)(F)F)C(F)(F)F. The van der Waals surface area contributed by atoms with Crippen LogP contribution < -0.4 is 4.57 Å². The van der Waals surface area contributed by atoms with Crippen LogP contribution in [0.5, 0.6) is 0 Å². The van der Waals surface area contributed by atoms with Crippen LogP contribution in [-0.2, 0) is 43.0 Å². The number of ether oxygens (including phenoxy) is 2. The molecule has 0 radical (unpaired) electrons. The molecule has 0 saturated heterocycles. The van der Waals surface area contributed by atoms with Gasteiger partial charge < -0.3 is 13.6 Å². The maximum atomic E-state index is 11.4. The van der Waals surface area contributed by atoms with Crippen LogP contribution in [0.4, 0.5) is 26.3 Å². The van der Waals surface area contributed by atoms with Crippen LogP contribution in [-0.4, -0.2) is 45.1 Å². The highest BCUT2D eigenvalue weighted by Crippen LogP contribution is 2.37. The average Bonchev–Trinajstić information content (AvgIpc) is 3.38. The molecule has 46 heavy (non-hydrogen) atoms. The van der Waals surface area contributed by atoms with Crippen molar-refractivity contribution in [3.05, 3.63) is 22.8 Å². The number of halogens is 6. The summed E-state index contributed by atoms with van der Waals surface area (Å²) < 4.78 is 126.